The molecule has 2 rings (SSSR count). The van der Waals surface area contributed by atoms with Gasteiger partial charge in [-0.2, -0.15) is 0 Å². The van der Waals surface area contributed by atoms with Gasteiger partial charge in [0.1, 0.15) is 0 Å². The SMILES string of the molecule is CCc1nnc(CN(CCOC)CC2CCCN2)o1. The zero-order valence-corrected chi connectivity index (χ0v) is 11.9. The van der Waals surface area contributed by atoms with Gasteiger partial charge in [0.2, 0.25) is 11.8 Å². The molecule has 1 unspecified atom stereocenters. The molecule has 6 nitrogen and oxygen atoms in total. The van der Waals surface area contributed by atoms with Crippen molar-refractivity contribution < 1.29 is 9.15 Å². The third-order valence-electron chi connectivity index (χ3n) is 3.42. The Hall–Kier alpha value is -0.980. The molecule has 6 heteroatoms. The maximum Gasteiger partial charge on any atom is 0.230 e. The average Bonchev–Trinajstić information content (AvgIpc) is 3.07. The molecule has 1 aliphatic rings. The van der Waals surface area contributed by atoms with Gasteiger partial charge in [-0.15, -0.1) is 10.2 Å². The molecule has 1 N–H and O–H groups in total. The predicted octanol–water partition coefficient (Wildman–Crippen LogP) is 0.832. The second kappa shape index (κ2) is 7.57. The van der Waals surface area contributed by atoms with Crippen molar-refractivity contribution in [3.63, 3.8) is 0 Å². The lowest BCUT2D eigenvalue weighted by atomic mass is 10.2. The lowest BCUT2D eigenvalue weighted by Gasteiger charge is -2.23. The molecule has 2 heterocycles. The first kappa shape index (κ1) is 14.4. The van der Waals surface area contributed by atoms with Crippen molar-refractivity contribution >= 4 is 0 Å². The molecule has 1 aromatic rings. The number of hydrogen-bond acceptors (Lipinski definition) is 6. The minimum absolute atomic E-state index is 0.574. The number of aromatic nitrogens is 2. The highest BCUT2D eigenvalue weighted by Gasteiger charge is 2.19. The van der Waals surface area contributed by atoms with Crippen LogP contribution in [0.1, 0.15) is 31.5 Å². The van der Waals surface area contributed by atoms with Crippen molar-refractivity contribution in [3.05, 3.63) is 11.8 Å². The number of aryl methyl sites for hydroxylation is 1. The van der Waals surface area contributed by atoms with E-state index in [4.69, 9.17) is 9.15 Å². The fraction of sp³-hybridized carbons (Fsp3) is 0.846. The summed E-state index contributed by atoms with van der Waals surface area (Å²) in [7, 11) is 1.73. The Morgan fingerprint density at radius 2 is 2.26 bits per heavy atom. The molecule has 0 aliphatic carbocycles. The van der Waals surface area contributed by atoms with E-state index in [0.29, 0.717) is 24.4 Å². The van der Waals surface area contributed by atoms with Crippen LogP contribution in [0.25, 0.3) is 0 Å². The third-order valence-corrected chi connectivity index (χ3v) is 3.42. The van der Waals surface area contributed by atoms with Crippen LogP contribution >= 0.6 is 0 Å². The van der Waals surface area contributed by atoms with Gasteiger partial charge in [0.25, 0.3) is 0 Å². The van der Waals surface area contributed by atoms with E-state index in [0.717, 1.165) is 32.7 Å². The molecule has 1 atom stereocenters. The van der Waals surface area contributed by atoms with Crippen molar-refractivity contribution in [3.8, 4) is 0 Å². The summed E-state index contributed by atoms with van der Waals surface area (Å²) in [5.41, 5.74) is 0. The normalized spacial score (nSPS) is 19.4. The number of nitrogens with zero attached hydrogens (tertiary/aromatic N) is 3. The first-order chi connectivity index (χ1) is 9.31. The number of nitrogens with one attached hydrogen (secondary N) is 1. The summed E-state index contributed by atoms with van der Waals surface area (Å²) in [6.07, 6.45) is 3.30. The second-order valence-electron chi connectivity index (χ2n) is 4.96. The lowest BCUT2D eigenvalue weighted by Crippen LogP contribution is -2.38. The van der Waals surface area contributed by atoms with E-state index in [-0.39, 0.29) is 0 Å². The number of ether oxygens (including phenoxy) is 1. The highest BCUT2D eigenvalue weighted by atomic mass is 16.5. The topological polar surface area (TPSA) is 63.4 Å². The van der Waals surface area contributed by atoms with Crippen LogP contribution in [0.3, 0.4) is 0 Å². The smallest absolute Gasteiger partial charge is 0.230 e. The fourth-order valence-corrected chi connectivity index (χ4v) is 2.37. The maximum atomic E-state index is 5.58. The van der Waals surface area contributed by atoms with E-state index >= 15 is 0 Å². The van der Waals surface area contributed by atoms with Gasteiger partial charge in [-0.05, 0) is 19.4 Å². The second-order valence-corrected chi connectivity index (χ2v) is 4.96. The molecule has 19 heavy (non-hydrogen) atoms. The van der Waals surface area contributed by atoms with Gasteiger partial charge in [-0.3, -0.25) is 4.90 Å². The van der Waals surface area contributed by atoms with Gasteiger partial charge >= 0.3 is 0 Å². The summed E-state index contributed by atoms with van der Waals surface area (Å²) in [6, 6.07) is 0.574. The van der Waals surface area contributed by atoms with E-state index < -0.39 is 0 Å². The van der Waals surface area contributed by atoms with Crippen LogP contribution in [0.15, 0.2) is 4.42 Å². The minimum Gasteiger partial charge on any atom is -0.424 e. The van der Waals surface area contributed by atoms with Crippen molar-refractivity contribution in [1.82, 2.24) is 20.4 Å². The van der Waals surface area contributed by atoms with E-state index in [2.05, 4.69) is 20.4 Å². The molecule has 1 fully saturated rings. The first-order valence-corrected chi connectivity index (χ1v) is 7.07. The zero-order chi connectivity index (χ0) is 13.5. The van der Waals surface area contributed by atoms with Crippen LogP contribution in [0.5, 0.6) is 0 Å². The summed E-state index contributed by atoms with van der Waals surface area (Å²) in [6.45, 7) is 6.47. The van der Waals surface area contributed by atoms with Gasteiger partial charge in [-0.1, -0.05) is 6.92 Å². The highest BCUT2D eigenvalue weighted by molar-refractivity contribution is 4.84. The van der Waals surface area contributed by atoms with Gasteiger partial charge in [-0.25, -0.2) is 0 Å². The number of methoxy groups -OCH3 is 1. The highest BCUT2D eigenvalue weighted by Crippen LogP contribution is 2.10. The van der Waals surface area contributed by atoms with Crippen LogP contribution < -0.4 is 5.32 Å². The Kier molecular flexibility index (Phi) is 5.75. The Balaban J connectivity index is 1.87. The van der Waals surface area contributed by atoms with Crippen LogP contribution in [0.2, 0.25) is 0 Å². The van der Waals surface area contributed by atoms with Gasteiger partial charge in [0, 0.05) is 32.7 Å². The number of hydrogen-bond donors (Lipinski definition) is 1. The van der Waals surface area contributed by atoms with Crippen LogP contribution in [0.4, 0.5) is 0 Å². The molecule has 0 bridgehead atoms. The average molecular weight is 268 g/mol. The molecule has 1 aromatic heterocycles. The Morgan fingerprint density at radius 1 is 1.42 bits per heavy atom. The maximum absolute atomic E-state index is 5.58. The summed E-state index contributed by atoms with van der Waals surface area (Å²) in [4.78, 5) is 2.32. The van der Waals surface area contributed by atoms with Crippen molar-refractivity contribution in [2.24, 2.45) is 0 Å². The number of rotatable bonds is 8. The summed E-state index contributed by atoms with van der Waals surface area (Å²) in [5, 5.41) is 11.6. The molecule has 1 aliphatic heterocycles. The molecule has 0 saturated carbocycles. The van der Waals surface area contributed by atoms with E-state index in [1.165, 1.54) is 12.8 Å². The van der Waals surface area contributed by atoms with E-state index in [1.807, 2.05) is 6.92 Å². The largest absolute Gasteiger partial charge is 0.424 e. The van der Waals surface area contributed by atoms with Crippen molar-refractivity contribution in [2.75, 3.05) is 33.4 Å². The summed E-state index contributed by atoms with van der Waals surface area (Å²) < 4.78 is 10.8. The molecule has 0 spiro atoms. The molecule has 108 valence electrons. The van der Waals surface area contributed by atoms with Gasteiger partial charge in [0.15, 0.2) is 0 Å². The van der Waals surface area contributed by atoms with E-state index in [1.54, 1.807) is 7.11 Å². The Bertz CT molecular complexity index is 363. The van der Waals surface area contributed by atoms with E-state index in [9.17, 15) is 0 Å². The monoisotopic (exact) mass is 268 g/mol. The van der Waals surface area contributed by atoms with Gasteiger partial charge < -0.3 is 14.5 Å². The van der Waals surface area contributed by atoms with Gasteiger partial charge in [0.05, 0.1) is 13.2 Å². The van der Waals surface area contributed by atoms with Crippen LogP contribution in [-0.2, 0) is 17.7 Å². The molecule has 0 aromatic carbocycles. The molecular formula is C13H24N4O2. The molecule has 0 amide bonds. The summed E-state index contributed by atoms with van der Waals surface area (Å²) in [5.74, 6) is 1.41. The molecule has 0 radical (unpaired) electrons. The quantitative estimate of drug-likeness (QED) is 0.753. The van der Waals surface area contributed by atoms with Crippen LogP contribution in [-0.4, -0.2) is 54.5 Å². The Morgan fingerprint density at radius 3 is 2.89 bits per heavy atom. The molecule has 1 saturated heterocycles. The first-order valence-electron chi connectivity index (χ1n) is 7.07. The van der Waals surface area contributed by atoms with Crippen molar-refractivity contribution in [2.45, 2.75) is 38.8 Å². The Labute approximate surface area is 114 Å². The minimum atomic E-state index is 0.574. The summed E-state index contributed by atoms with van der Waals surface area (Å²) >= 11 is 0. The van der Waals surface area contributed by atoms with Crippen molar-refractivity contribution in [1.29, 1.82) is 0 Å². The molecular weight excluding hydrogens is 244 g/mol. The zero-order valence-electron chi connectivity index (χ0n) is 11.9. The standard InChI is InChI=1S/C13H24N4O2/c1-3-12-15-16-13(19-12)10-17(7-8-18-2)9-11-5-4-6-14-11/h11,14H,3-10H2,1-2H3. The van der Waals surface area contributed by atoms with Crippen LogP contribution in [0, 0.1) is 0 Å². The lowest BCUT2D eigenvalue weighted by molar-refractivity contribution is 0.131. The third kappa shape index (κ3) is 4.56. The fourth-order valence-electron chi connectivity index (χ4n) is 2.37. The predicted molar refractivity (Wildman–Crippen MR) is 71.9 cm³/mol.